The molecular weight excluding hydrogens is 154 g/mol. The van der Waals surface area contributed by atoms with Crippen LogP contribution in [0.2, 0.25) is 0 Å². The van der Waals surface area contributed by atoms with Crippen LogP contribution in [0.5, 0.6) is 0 Å². The quantitative estimate of drug-likeness (QED) is 0.582. The Bertz CT molecular complexity index is 173. The Hall–Kier alpha value is -0.130. The number of aliphatic hydroxyl groups excluding tert-OH is 1. The Kier molecular flexibility index (Phi) is 3.85. The second-order valence-corrected chi connectivity index (χ2v) is 4.20. The van der Waals surface area contributed by atoms with Crippen LogP contribution >= 0.6 is 0 Å². The van der Waals surface area contributed by atoms with Gasteiger partial charge in [0.15, 0.2) is 0 Å². The Morgan fingerprint density at radius 3 is 2.40 bits per heavy atom. The topological polar surface area (TPSA) is 66.4 Å². The highest BCUT2D eigenvalue weighted by atomic mass is 32.2. The van der Waals surface area contributed by atoms with Crippen LogP contribution in [0.4, 0.5) is 0 Å². The van der Waals surface area contributed by atoms with Crippen molar-refractivity contribution in [3.8, 4) is 0 Å². The van der Waals surface area contributed by atoms with Crippen LogP contribution in [0.3, 0.4) is 0 Å². The molecule has 0 heterocycles. The minimum absolute atomic E-state index is 0.0553. The zero-order valence-corrected chi connectivity index (χ0v) is 6.98. The molecule has 4 nitrogen and oxygen atoms in total. The van der Waals surface area contributed by atoms with Crippen LogP contribution in [0.15, 0.2) is 0 Å². The van der Waals surface area contributed by atoms with Gasteiger partial charge in [0.25, 0.3) is 0 Å². The summed E-state index contributed by atoms with van der Waals surface area (Å²) in [5, 5.41) is 8.68. The molecule has 1 unspecified atom stereocenters. The summed E-state index contributed by atoms with van der Waals surface area (Å²) in [6, 6.07) is 0. The molecule has 0 saturated carbocycles. The van der Waals surface area contributed by atoms with Gasteiger partial charge in [-0.15, -0.1) is 0 Å². The average Bonchev–Trinajstić information content (AvgIpc) is 1.85. The Morgan fingerprint density at radius 1 is 1.60 bits per heavy atom. The number of hydrogen-bond donors (Lipinski definition) is 2. The van der Waals surface area contributed by atoms with Crippen molar-refractivity contribution in [1.82, 2.24) is 4.72 Å². The van der Waals surface area contributed by atoms with E-state index in [4.69, 9.17) is 5.11 Å². The van der Waals surface area contributed by atoms with Gasteiger partial charge in [-0.05, 0) is 13.8 Å². The number of hydrogen-bond acceptors (Lipinski definition) is 3. The smallest absolute Gasteiger partial charge is 0.211 e. The van der Waals surface area contributed by atoms with Crippen molar-refractivity contribution < 1.29 is 13.5 Å². The van der Waals surface area contributed by atoms with E-state index < -0.39 is 16.1 Å². The molecule has 0 radical (unpaired) electrons. The van der Waals surface area contributed by atoms with Gasteiger partial charge in [-0.2, -0.15) is 0 Å². The van der Waals surface area contributed by atoms with Gasteiger partial charge in [-0.25, -0.2) is 13.1 Å². The summed E-state index contributed by atoms with van der Waals surface area (Å²) in [6.07, 6.45) is -0.624. The minimum atomic E-state index is -3.12. The summed E-state index contributed by atoms with van der Waals surface area (Å²) in [6.45, 7) is 3.17. The molecule has 0 aliphatic heterocycles. The van der Waals surface area contributed by atoms with Crippen LogP contribution in [0.1, 0.15) is 13.8 Å². The molecule has 62 valence electrons. The third kappa shape index (κ3) is 4.72. The molecule has 0 bridgehead atoms. The van der Waals surface area contributed by atoms with Gasteiger partial charge in [0, 0.05) is 6.54 Å². The highest BCUT2D eigenvalue weighted by Gasteiger charge is 2.06. The molecule has 0 aliphatic carbocycles. The van der Waals surface area contributed by atoms with E-state index in [2.05, 4.69) is 4.72 Å². The van der Waals surface area contributed by atoms with E-state index >= 15 is 0 Å². The standard InChI is InChI=1S/C5H13NO3S/c1-3-10(8,9)6-4-5(2)7/h5-7H,3-4H2,1-2H3. The Balaban J connectivity index is 3.70. The number of sulfonamides is 1. The third-order valence-electron chi connectivity index (χ3n) is 0.979. The van der Waals surface area contributed by atoms with Crippen molar-refractivity contribution >= 4 is 10.0 Å². The minimum Gasteiger partial charge on any atom is -0.392 e. The van der Waals surface area contributed by atoms with Gasteiger partial charge in [0.2, 0.25) is 10.0 Å². The van der Waals surface area contributed by atoms with E-state index in [0.717, 1.165) is 0 Å². The lowest BCUT2D eigenvalue weighted by Crippen LogP contribution is -2.31. The highest BCUT2D eigenvalue weighted by molar-refractivity contribution is 7.89. The molecule has 0 aromatic heterocycles. The first-order chi connectivity index (χ1) is 4.48. The molecule has 10 heavy (non-hydrogen) atoms. The van der Waals surface area contributed by atoms with Crippen molar-refractivity contribution in [3.63, 3.8) is 0 Å². The molecule has 1 atom stereocenters. The van der Waals surface area contributed by atoms with E-state index in [9.17, 15) is 8.42 Å². The Morgan fingerprint density at radius 2 is 2.10 bits per heavy atom. The van der Waals surface area contributed by atoms with E-state index in [1.807, 2.05) is 0 Å². The third-order valence-corrected chi connectivity index (χ3v) is 2.35. The molecule has 5 heteroatoms. The second kappa shape index (κ2) is 3.90. The maximum Gasteiger partial charge on any atom is 0.211 e. The van der Waals surface area contributed by atoms with Crippen molar-refractivity contribution in [2.45, 2.75) is 20.0 Å². The lowest BCUT2D eigenvalue weighted by Gasteiger charge is -2.05. The number of nitrogens with one attached hydrogen (secondary N) is 1. The summed E-state index contributed by atoms with van der Waals surface area (Å²) >= 11 is 0. The summed E-state index contributed by atoms with van der Waals surface area (Å²) in [4.78, 5) is 0. The van der Waals surface area contributed by atoms with Gasteiger partial charge < -0.3 is 5.11 Å². The molecule has 0 saturated heterocycles. The van der Waals surface area contributed by atoms with Gasteiger partial charge in [-0.1, -0.05) is 0 Å². The monoisotopic (exact) mass is 167 g/mol. The van der Waals surface area contributed by atoms with Crippen molar-refractivity contribution in [1.29, 1.82) is 0 Å². The fourth-order valence-electron chi connectivity index (χ4n) is 0.350. The first kappa shape index (κ1) is 9.87. The second-order valence-electron chi connectivity index (χ2n) is 2.10. The fraction of sp³-hybridized carbons (Fsp3) is 1.00. The molecule has 2 N–H and O–H groups in total. The van der Waals surface area contributed by atoms with Gasteiger partial charge in [0.1, 0.15) is 0 Å². The van der Waals surface area contributed by atoms with E-state index in [0.29, 0.717) is 0 Å². The van der Waals surface area contributed by atoms with Crippen LogP contribution < -0.4 is 4.72 Å². The summed E-state index contributed by atoms with van der Waals surface area (Å²) in [5.41, 5.74) is 0. The zero-order chi connectivity index (χ0) is 8.20. The maximum absolute atomic E-state index is 10.7. The number of aliphatic hydroxyl groups is 1. The van der Waals surface area contributed by atoms with Gasteiger partial charge >= 0.3 is 0 Å². The first-order valence-electron chi connectivity index (χ1n) is 3.13. The van der Waals surface area contributed by atoms with Crippen molar-refractivity contribution in [2.75, 3.05) is 12.3 Å². The predicted molar refractivity (Wildman–Crippen MR) is 39.1 cm³/mol. The van der Waals surface area contributed by atoms with Crippen LogP contribution in [-0.2, 0) is 10.0 Å². The van der Waals surface area contributed by atoms with E-state index in [1.54, 1.807) is 6.92 Å². The summed E-state index contributed by atoms with van der Waals surface area (Å²) in [7, 11) is -3.12. The first-order valence-corrected chi connectivity index (χ1v) is 4.78. The van der Waals surface area contributed by atoms with Crippen LogP contribution in [0.25, 0.3) is 0 Å². The molecule has 0 amide bonds. The SMILES string of the molecule is CCS(=O)(=O)NCC(C)O. The van der Waals surface area contributed by atoms with Gasteiger partial charge in [0.05, 0.1) is 11.9 Å². The van der Waals surface area contributed by atoms with Crippen LogP contribution in [0, 0.1) is 0 Å². The van der Waals surface area contributed by atoms with E-state index in [1.165, 1.54) is 6.92 Å². The largest absolute Gasteiger partial charge is 0.392 e. The van der Waals surface area contributed by atoms with Crippen LogP contribution in [-0.4, -0.2) is 31.9 Å². The molecule has 0 aromatic carbocycles. The number of rotatable bonds is 4. The zero-order valence-electron chi connectivity index (χ0n) is 6.16. The van der Waals surface area contributed by atoms with E-state index in [-0.39, 0.29) is 12.3 Å². The van der Waals surface area contributed by atoms with Crippen molar-refractivity contribution in [2.24, 2.45) is 0 Å². The summed E-state index contributed by atoms with van der Waals surface area (Å²) in [5.74, 6) is 0.0553. The lowest BCUT2D eigenvalue weighted by molar-refractivity contribution is 0.198. The Labute approximate surface area is 61.3 Å². The lowest BCUT2D eigenvalue weighted by atomic mass is 10.4. The highest BCUT2D eigenvalue weighted by Crippen LogP contribution is 1.83. The molecule has 0 fully saturated rings. The molecular formula is C5H13NO3S. The predicted octanol–water partition coefficient (Wildman–Crippen LogP) is -0.694. The molecule has 0 aliphatic rings. The van der Waals surface area contributed by atoms with Crippen molar-refractivity contribution in [3.05, 3.63) is 0 Å². The average molecular weight is 167 g/mol. The fourth-order valence-corrected chi connectivity index (χ4v) is 1.05. The summed E-state index contributed by atoms with van der Waals surface area (Å²) < 4.78 is 23.6. The normalized spacial score (nSPS) is 15.1. The van der Waals surface area contributed by atoms with Gasteiger partial charge in [-0.3, -0.25) is 0 Å². The maximum atomic E-state index is 10.7. The molecule has 0 spiro atoms. The molecule has 0 aromatic rings. The molecule has 0 rings (SSSR count).